The molecule has 19 aromatic rings. The standard InChI is InChI=1S/C36H23N3.C35H22N4.C24H15N3/c1-3-12-24(13-4-1)32-22-33(25-14-5-2-6-15-25)38-36(37-32)39-23-31-29-19-10-8-17-27(29)26-16-7-9-18-28(26)30-20-11-21-34(39)35(30)31;1-3-12-23(13-4-1)33-36-34(24-14-5-2-6-15-24)38-35(37-33)39-22-30-28-19-10-8-17-26(28)25-16-7-9-18-27(25)29-20-11-21-31(39)32(29)30;1-3-9-18-16(7-1)17-8-2-4-10-19(17)21-15-27(24-25-13-6-14-26-24)22-12-5-11-20(18)23(21)22/h1-23H;1-22H;1-15H. The Labute approximate surface area is 605 Å². The first-order valence-electron chi connectivity index (χ1n) is 35.3. The van der Waals surface area contributed by atoms with Crippen LogP contribution in [0.4, 0.5) is 0 Å². The summed E-state index contributed by atoms with van der Waals surface area (Å²) < 4.78 is 6.38. The van der Waals surface area contributed by atoms with Crippen LogP contribution in [0.2, 0.25) is 0 Å². The van der Waals surface area contributed by atoms with Crippen LogP contribution >= 0.6 is 0 Å². The van der Waals surface area contributed by atoms with Crippen molar-refractivity contribution in [3.63, 3.8) is 0 Å². The lowest BCUT2D eigenvalue weighted by Crippen LogP contribution is -2.05. The van der Waals surface area contributed by atoms with E-state index in [9.17, 15) is 0 Å². The van der Waals surface area contributed by atoms with Crippen LogP contribution in [0.3, 0.4) is 0 Å². The molecule has 6 heterocycles. The smallest absolute Gasteiger partial charge is 0.238 e. The van der Waals surface area contributed by atoms with Crippen molar-refractivity contribution >= 4 is 32.7 Å². The molecule has 0 aliphatic heterocycles. The van der Waals surface area contributed by atoms with E-state index in [1.54, 1.807) is 12.4 Å². The zero-order chi connectivity index (χ0) is 69.3. The molecule has 0 saturated carbocycles. The summed E-state index contributed by atoms with van der Waals surface area (Å²) in [5, 5.41) is 3.69. The van der Waals surface area contributed by atoms with Crippen LogP contribution in [-0.4, -0.2) is 48.6 Å². The summed E-state index contributed by atoms with van der Waals surface area (Å²) in [5.41, 5.74) is 31.4. The molecule has 490 valence electrons. The highest BCUT2D eigenvalue weighted by Crippen LogP contribution is 2.52. The molecule has 10 heteroatoms. The van der Waals surface area contributed by atoms with E-state index in [0.717, 1.165) is 50.2 Å². The highest BCUT2D eigenvalue weighted by molar-refractivity contribution is 6.16. The van der Waals surface area contributed by atoms with Crippen molar-refractivity contribution in [1.29, 1.82) is 0 Å². The van der Waals surface area contributed by atoms with Gasteiger partial charge in [0, 0.05) is 86.1 Å². The van der Waals surface area contributed by atoms with Crippen LogP contribution in [0.1, 0.15) is 0 Å². The van der Waals surface area contributed by atoms with E-state index in [4.69, 9.17) is 24.9 Å². The number of benzene rings is 13. The van der Waals surface area contributed by atoms with E-state index in [2.05, 4.69) is 297 Å². The van der Waals surface area contributed by atoms with Crippen molar-refractivity contribution in [2.24, 2.45) is 0 Å². The number of aromatic nitrogens is 10. The highest BCUT2D eigenvalue weighted by atomic mass is 15.2. The molecule has 3 aliphatic carbocycles. The Morgan fingerprint density at radius 3 is 0.743 bits per heavy atom. The fourth-order valence-electron chi connectivity index (χ4n) is 15.7. The van der Waals surface area contributed by atoms with Gasteiger partial charge in [0.25, 0.3) is 0 Å². The quantitative estimate of drug-likeness (QED) is 0.156. The number of nitrogens with zero attached hydrogens (tertiary/aromatic N) is 10. The minimum Gasteiger partial charge on any atom is -0.285 e. The number of fused-ring (bicyclic) bond motifs is 15. The predicted octanol–water partition coefficient (Wildman–Crippen LogP) is 23.3. The van der Waals surface area contributed by atoms with Gasteiger partial charge in [0.2, 0.25) is 17.8 Å². The maximum atomic E-state index is 5.12. The van der Waals surface area contributed by atoms with E-state index in [0.29, 0.717) is 29.5 Å². The first-order chi connectivity index (χ1) is 52.1. The Kier molecular flexibility index (Phi) is 14.6. The van der Waals surface area contributed by atoms with Crippen molar-refractivity contribution < 1.29 is 0 Å². The van der Waals surface area contributed by atoms with Gasteiger partial charge in [-0.05, 0) is 114 Å². The maximum Gasteiger partial charge on any atom is 0.238 e. The summed E-state index contributed by atoms with van der Waals surface area (Å²) in [6.07, 6.45) is 10.2. The average molecular weight is 1340 g/mol. The van der Waals surface area contributed by atoms with E-state index < -0.39 is 0 Å². The molecule has 0 spiro atoms. The summed E-state index contributed by atoms with van der Waals surface area (Å²) in [4.78, 5) is 34.1. The van der Waals surface area contributed by atoms with Gasteiger partial charge in [-0.1, -0.05) is 303 Å². The molecule has 6 aromatic heterocycles. The minimum absolute atomic E-state index is 0.599. The van der Waals surface area contributed by atoms with Gasteiger partial charge in [-0.3, -0.25) is 13.7 Å². The molecule has 10 nitrogen and oxygen atoms in total. The Morgan fingerprint density at radius 2 is 0.429 bits per heavy atom. The zero-order valence-electron chi connectivity index (χ0n) is 56.6. The second-order valence-corrected chi connectivity index (χ2v) is 26.3. The molecule has 0 radical (unpaired) electrons. The van der Waals surface area contributed by atoms with Crippen molar-refractivity contribution in [2.75, 3.05) is 0 Å². The fourth-order valence-corrected chi connectivity index (χ4v) is 15.7. The molecule has 13 aromatic carbocycles. The lowest BCUT2D eigenvalue weighted by atomic mass is 9.94. The van der Waals surface area contributed by atoms with Gasteiger partial charge >= 0.3 is 0 Å². The monoisotopic (exact) mass is 1340 g/mol. The number of hydrogen-bond acceptors (Lipinski definition) is 7. The molecule has 0 amide bonds. The van der Waals surface area contributed by atoms with Gasteiger partial charge in [-0.25, -0.2) is 24.9 Å². The van der Waals surface area contributed by atoms with Gasteiger partial charge in [-0.15, -0.1) is 0 Å². The summed E-state index contributed by atoms with van der Waals surface area (Å²) >= 11 is 0. The second kappa shape index (κ2) is 25.4. The van der Waals surface area contributed by atoms with Crippen LogP contribution in [-0.2, 0) is 0 Å². The first-order valence-corrected chi connectivity index (χ1v) is 35.3. The Morgan fingerprint density at radius 1 is 0.181 bits per heavy atom. The predicted molar refractivity (Wildman–Crippen MR) is 426 cm³/mol. The molecule has 0 atom stereocenters. The molecule has 0 N–H and O–H groups in total. The van der Waals surface area contributed by atoms with Gasteiger partial charge in [0.05, 0.1) is 27.9 Å². The molecule has 0 bridgehead atoms. The molecular formula is C95H60N10. The largest absolute Gasteiger partial charge is 0.285 e. The summed E-state index contributed by atoms with van der Waals surface area (Å²) in [6.45, 7) is 0. The molecule has 22 rings (SSSR count). The molecule has 0 fully saturated rings. The average Bonchev–Trinajstić information content (AvgIpc) is 1.58. The van der Waals surface area contributed by atoms with Crippen LogP contribution in [0.15, 0.2) is 365 Å². The summed E-state index contributed by atoms with van der Waals surface area (Å²) in [6, 6.07) is 116. The van der Waals surface area contributed by atoms with Gasteiger partial charge in [0.15, 0.2) is 11.6 Å². The molecular weight excluding hydrogens is 1280 g/mol. The van der Waals surface area contributed by atoms with Gasteiger partial charge < -0.3 is 0 Å². The highest BCUT2D eigenvalue weighted by Gasteiger charge is 2.29. The SMILES string of the molecule is c1ccc(-c2cc(-c3ccccc3)nc(-n3cc4c5c(cccc53)-c3ccccc3-c3ccccc3-4)n2)cc1.c1ccc(-c2nc(-c3ccccc3)nc(-n3cc4c5c(cccc53)-c3ccccc3-c3ccccc3-4)n2)cc1.c1cnc(-n2cc3c4c(cccc42)-c2ccccc2-c2ccccc2-3)nc1. The Bertz CT molecular complexity index is 6170. The lowest BCUT2D eigenvalue weighted by Gasteiger charge is -2.13. The van der Waals surface area contributed by atoms with Crippen LogP contribution in [0.5, 0.6) is 0 Å². The lowest BCUT2D eigenvalue weighted by molar-refractivity contribution is 0.934. The maximum absolute atomic E-state index is 5.12. The van der Waals surface area contributed by atoms with Crippen LogP contribution in [0, 0.1) is 0 Å². The third kappa shape index (κ3) is 10.4. The van der Waals surface area contributed by atoms with Crippen molar-refractivity contribution in [3.8, 4) is 163 Å². The third-order valence-electron chi connectivity index (χ3n) is 20.4. The summed E-state index contributed by atoms with van der Waals surface area (Å²) in [5.74, 6) is 3.25. The van der Waals surface area contributed by atoms with Crippen molar-refractivity contribution in [2.45, 2.75) is 0 Å². The normalized spacial score (nSPS) is 11.6. The molecule has 0 saturated heterocycles. The molecule has 3 aliphatic rings. The number of hydrogen-bond donors (Lipinski definition) is 0. The van der Waals surface area contributed by atoms with Crippen LogP contribution in [0.25, 0.3) is 196 Å². The van der Waals surface area contributed by atoms with E-state index >= 15 is 0 Å². The van der Waals surface area contributed by atoms with E-state index in [1.165, 1.54) is 116 Å². The van der Waals surface area contributed by atoms with Gasteiger partial charge in [-0.2, -0.15) is 9.97 Å². The second-order valence-electron chi connectivity index (χ2n) is 26.3. The van der Waals surface area contributed by atoms with Crippen molar-refractivity contribution in [1.82, 2.24) is 48.6 Å². The van der Waals surface area contributed by atoms with E-state index in [1.807, 2.05) is 78.9 Å². The topological polar surface area (TPSA) is 105 Å². The van der Waals surface area contributed by atoms with Crippen molar-refractivity contribution in [3.05, 3.63) is 365 Å². The number of rotatable bonds is 7. The minimum atomic E-state index is 0.599. The third-order valence-corrected chi connectivity index (χ3v) is 20.4. The van der Waals surface area contributed by atoms with E-state index in [-0.39, 0.29) is 0 Å². The molecule has 105 heavy (non-hydrogen) atoms. The zero-order valence-corrected chi connectivity index (χ0v) is 56.6. The summed E-state index contributed by atoms with van der Waals surface area (Å²) in [7, 11) is 0. The fraction of sp³-hybridized carbons (Fsp3) is 0. The molecule has 0 unspecified atom stereocenters. The van der Waals surface area contributed by atoms with Crippen LogP contribution < -0.4 is 0 Å². The first kappa shape index (κ1) is 60.6. The Balaban J connectivity index is 0.000000107. The van der Waals surface area contributed by atoms with Gasteiger partial charge in [0.1, 0.15) is 0 Å². The Hall–Kier alpha value is -14.4.